The number of nitrogens with two attached hydrogens (primary N) is 1. The Hall–Kier alpha value is -1.85. The number of alkyl carbamates (subject to hydrolysis) is 1. The van der Waals surface area contributed by atoms with Crippen molar-refractivity contribution in [3.63, 3.8) is 0 Å². The number of unbranched alkanes of at least 4 members (excludes halogenated alkanes) is 1. The Morgan fingerprint density at radius 2 is 1.88 bits per heavy atom. The van der Waals surface area contributed by atoms with Gasteiger partial charge in [-0.25, -0.2) is 4.79 Å². The molecule has 1 heterocycles. The molecule has 0 radical (unpaired) electrons. The van der Waals surface area contributed by atoms with Crippen LogP contribution < -0.4 is 21.7 Å². The molecule has 4 fully saturated rings. The molecule has 4 aliphatic rings. The Kier molecular flexibility index (Phi) is 8.52. The van der Waals surface area contributed by atoms with E-state index in [0.717, 1.165) is 6.42 Å². The van der Waals surface area contributed by atoms with E-state index in [0.29, 0.717) is 43.1 Å². The van der Waals surface area contributed by atoms with Crippen molar-refractivity contribution in [1.82, 2.24) is 16.0 Å². The van der Waals surface area contributed by atoms with Crippen molar-refractivity contribution in [2.24, 2.45) is 23.0 Å². The summed E-state index contributed by atoms with van der Waals surface area (Å²) in [7, 11) is -0.474. The van der Waals surface area contributed by atoms with E-state index in [4.69, 9.17) is 19.8 Å². The molecule has 3 saturated carbocycles. The lowest BCUT2D eigenvalue weighted by molar-refractivity contribution is -0.150. The summed E-state index contributed by atoms with van der Waals surface area (Å²) in [6.07, 6.45) is 3.82. The van der Waals surface area contributed by atoms with E-state index >= 15 is 0 Å². The summed E-state index contributed by atoms with van der Waals surface area (Å²) in [6.45, 7) is 10.2. The Balaban J connectivity index is 1.40. The van der Waals surface area contributed by atoms with Crippen molar-refractivity contribution in [1.29, 1.82) is 0 Å². The van der Waals surface area contributed by atoms with Crippen LogP contribution in [0.2, 0.25) is 0 Å². The summed E-state index contributed by atoms with van der Waals surface area (Å²) < 4.78 is 17.4. The van der Waals surface area contributed by atoms with Gasteiger partial charge in [-0.15, -0.1) is 0 Å². The highest BCUT2D eigenvalue weighted by atomic mass is 16.7. The minimum absolute atomic E-state index is 0.0899. The van der Waals surface area contributed by atoms with Gasteiger partial charge < -0.3 is 35.7 Å². The summed E-state index contributed by atoms with van der Waals surface area (Å²) in [5, 5.41) is 8.23. The van der Waals surface area contributed by atoms with Crippen LogP contribution in [0.5, 0.6) is 0 Å². The molecule has 5 unspecified atom stereocenters. The predicted molar refractivity (Wildman–Crippen MR) is 128 cm³/mol. The third kappa shape index (κ3) is 6.63. The first-order valence-corrected chi connectivity index (χ1v) is 12.5. The first-order valence-electron chi connectivity index (χ1n) is 12.5. The normalized spacial score (nSPS) is 27.8. The number of carbonyl (C=O) groups is 3. The van der Waals surface area contributed by atoms with Crippen LogP contribution in [0, 0.1) is 17.3 Å². The van der Waals surface area contributed by atoms with Crippen LogP contribution in [0.25, 0.3) is 0 Å². The number of ether oxygens (including phenoxy) is 1. The van der Waals surface area contributed by atoms with Crippen molar-refractivity contribution < 1.29 is 28.4 Å². The van der Waals surface area contributed by atoms with Crippen LogP contribution in [0.1, 0.15) is 66.7 Å². The highest BCUT2D eigenvalue weighted by molar-refractivity contribution is 6.45. The van der Waals surface area contributed by atoms with Gasteiger partial charge in [-0.3, -0.25) is 9.59 Å². The largest absolute Gasteiger partial charge is 0.478 e. The van der Waals surface area contributed by atoms with Gasteiger partial charge in [-0.2, -0.15) is 0 Å². The van der Waals surface area contributed by atoms with Gasteiger partial charge in [0.15, 0.2) is 0 Å². The average Bonchev–Trinajstić information content (AvgIpc) is 3.17. The zero-order valence-corrected chi connectivity index (χ0v) is 21.1. The Labute approximate surface area is 202 Å². The van der Waals surface area contributed by atoms with E-state index < -0.39 is 30.8 Å². The second-order valence-corrected chi connectivity index (χ2v) is 11.3. The van der Waals surface area contributed by atoms with E-state index in [1.54, 1.807) is 20.8 Å². The molecular weight excluding hydrogens is 439 g/mol. The molecule has 3 aliphatic carbocycles. The topological polar surface area (TPSA) is 141 Å². The summed E-state index contributed by atoms with van der Waals surface area (Å²) in [6, 6.07) is -0.715. The molecule has 5 atom stereocenters. The molecular formula is C23H41BN4O6. The first-order chi connectivity index (χ1) is 15.9. The molecule has 192 valence electrons. The lowest BCUT2D eigenvalue weighted by atomic mass is 9.47. The van der Waals surface area contributed by atoms with Crippen molar-refractivity contribution in [2.75, 3.05) is 19.5 Å². The second-order valence-electron chi connectivity index (χ2n) is 11.3. The van der Waals surface area contributed by atoms with Crippen LogP contribution >= 0.6 is 0 Å². The standard InChI is InChI=1S/C23H41BN4O6/c1-22(2,3)32-21(31)26-9-7-6-8-16(28-18(29)12-25)20(30)27-13-24-33-17-11-14-10-15(19(17)34-24)23(14,4)5/h14-17,19H,6-13,25H2,1-5H3,(H,26,31)(H,27,30)(H,28,29). The second kappa shape index (κ2) is 10.8. The third-order valence-electron chi connectivity index (χ3n) is 7.33. The summed E-state index contributed by atoms with van der Waals surface area (Å²) in [5.41, 5.74) is 5.15. The van der Waals surface area contributed by atoms with Crippen molar-refractivity contribution in [3.05, 3.63) is 0 Å². The summed E-state index contributed by atoms with van der Waals surface area (Å²) in [5.74, 6) is 0.487. The maximum absolute atomic E-state index is 12.8. The number of amides is 3. The molecule has 0 aromatic rings. The molecule has 1 saturated heterocycles. The van der Waals surface area contributed by atoms with Crippen molar-refractivity contribution in [2.45, 2.75) is 90.6 Å². The fourth-order valence-corrected chi connectivity index (χ4v) is 5.31. The van der Waals surface area contributed by atoms with Crippen LogP contribution in [0.15, 0.2) is 0 Å². The zero-order chi connectivity index (χ0) is 25.1. The molecule has 0 spiro atoms. The highest BCUT2D eigenvalue weighted by Gasteiger charge is 2.61. The predicted octanol–water partition coefficient (Wildman–Crippen LogP) is 1.12. The number of hydrogen-bond donors (Lipinski definition) is 4. The highest BCUT2D eigenvalue weighted by Crippen LogP contribution is 2.61. The van der Waals surface area contributed by atoms with Gasteiger partial charge in [-0.05, 0) is 70.1 Å². The number of carbonyl (C=O) groups excluding carboxylic acids is 3. The van der Waals surface area contributed by atoms with Gasteiger partial charge in [0, 0.05) is 6.54 Å². The molecule has 3 amide bonds. The third-order valence-corrected chi connectivity index (χ3v) is 7.33. The molecule has 2 bridgehead atoms. The molecule has 5 N–H and O–H groups in total. The lowest BCUT2D eigenvalue weighted by Gasteiger charge is -2.60. The number of hydrogen-bond acceptors (Lipinski definition) is 7. The Morgan fingerprint density at radius 3 is 2.53 bits per heavy atom. The Morgan fingerprint density at radius 1 is 1.15 bits per heavy atom. The van der Waals surface area contributed by atoms with Crippen molar-refractivity contribution in [3.8, 4) is 0 Å². The minimum Gasteiger partial charge on any atom is -0.444 e. The van der Waals surface area contributed by atoms with Crippen molar-refractivity contribution >= 4 is 25.0 Å². The molecule has 34 heavy (non-hydrogen) atoms. The first kappa shape index (κ1) is 26.8. The van der Waals surface area contributed by atoms with Crippen LogP contribution in [-0.4, -0.2) is 68.4 Å². The molecule has 1 aliphatic heterocycles. The molecule has 4 rings (SSSR count). The maximum atomic E-state index is 12.8. The summed E-state index contributed by atoms with van der Waals surface area (Å²) in [4.78, 5) is 36.4. The SMILES string of the molecule is CC(C)(C)OC(=O)NCCCCC(NC(=O)CN)C(=O)NCB1OC2CC3CC(C2O1)C3(C)C. The zero-order valence-electron chi connectivity index (χ0n) is 21.1. The fraction of sp³-hybridized carbons (Fsp3) is 0.870. The van der Waals surface area contributed by atoms with Gasteiger partial charge in [0.25, 0.3) is 0 Å². The number of rotatable bonds is 10. The average molecular weight is 480 g/mol. The van der Waals surface area contributed by atoms with Gasteiger partial charge in [0.1, 0.15) is 11.6 Å². The van der Waals surface area contributed by atoms with Crippen LogP contribution in [0.3, 0.4) is 0 Å². The van der Waals surface area contributed by atoms with E-state index in [2.05, 4.69) is 29.8 Å². The lowest BCUT2D eigenvalue weighted by Crippen LogP contribution is -2.59. The molecule has 0 aromatic heterocycles. The maximum Gasteiger partial charge on any atom is 0.478 e. The minimum atomic E-state index is -0.715. The number of nitrogens with one attached hydrogen (secondary N) is 3. The van der Waals surface area contributed by atoms with E-state index in [-0.39, 0.29) is 31.1 Å². The van der Waals surface area contributed by atoms with Gasteiger partial charge in [0.05, 0.1) is 25.2 Å². The summed E-state index contributed by atoms with van der Waals surface area (Å²) >= 11 is 0. The van der Waals surface area contributed by atoms with E-state index in [1.807, 2.05) is 0 Å². The van der Waals surface area contributed by atoms with E-state index in [1.165, 1.54) is 6.42 Å². The molecule has 11 heteroatoms. The quantitative estimate of drug-likeness (QED) is 0.271. The van der Waals surface area contributed by atoms with Gasteiger partial charge >= 0.3 is 13.2 Å². The van der Waals surface area contributed by atoms with E-state index in [9.17, 15) is 14.4 Å². The molecule has 10 nitrogen and oxygen atoms in total. The molecule has 0 aromatic carbocycles. The van der Waals surface area contributed by atoms with Gasteiger partial charge in [0.2, 0.25) is 11.8 Å². The fourth-order valence-electron chi connectivity index (χ4n) is 5.31. The Bertz CT molecular complexity index is 758. The monoisotopic (exact) mass is 480 g/mol. The van der Waals surface area contributed by atoms with Crippen LogP contribution in [0.4, 0.5) is 4.79 Å². The smallest absolute Gasteiger partial charge is 0.444 e. The van der Waals surface area contributed by atoms with Crippen LogP contribution in [-0.2, 0) is 23.6 Å². The van der Waals surface area contributed by atoms with Gasteiger partial charge in [-0.1, -0.05) is 13.8 Å².